The van der Waals surface area contributed by atoms with Crippen molar-refractivity contribution in [3.05, 3.63) is 35.1 Å². The van der Waals surface area contributed by atoms with Crippen LogP contribution in [-0.4, -0.2) is 67.9 Å². The van der Waals surface area contributed by atoms with Crippen LogP contribution in [0, 0.1) is 0 Å². The number of nitrogens with one attached hydrogen (secondary N) is 1. The molecule has 3 aliphatic heterocycles. The fraction of sp³-hybridized carbons (Fsp3) is 0.474. The molecule has 0 unspecified atom stereocenters. The number of hydrogen-bond donors (Lipinski definition) is 2. The molecule has 1 atom stereocenters. The van der Waals surface area contributed by atoms with Crippen molar-refractivity contribution in [3.63, 3.8) is 0 Å². The molecule has 1 saturated heterocycles. The summed E-state index contributed by atoms with van der Waals surface area (Å²) < 4.78 is 16.1. The lowest BCUT2D eigenvalue weighted by Crippen LogP contribution is -3.14. The van der Waals surface area contributed by atoms with E-state index < -0.39 is 17.7 Å². The van der Waals surface area contributed by atoms with Gasteiger partial charge in [-0.1, -0.05) is 6.07 Å². The van der Waals surface area contributed by atoms with Gasteiger partial charge in [-0.15, -0.1) is 0 Å². The number of hydrogen-bond acceptors (Lipinski definition) is 6. The molecule has 2 N–H and O–H groups in total. The number of quaternary nitrogens is 1. The lowest BCUT2D eigenvalue weighted by Gasteiger charge is -2.30. The predicted octanol–water partition coefficient (Wildman–Crippen LogP) is -0.385. The molecule has 0 radical (unpaired) electrons. The van der Waals surface area contributed by atoms with Crippen LogP contribution in [-0.2, 0) is 14.3 Å². The first-order valence-electron chi connectivity index (χ1n) is 9.12. The monoisotopic (exact) mass is 375 g/mol. The van der Waals surface area contributed by atoms with Crippen LogP contribution in [0.2, 0.25) is 0 Å². The molecule has 8 heteroatoms. The van der Waals surface area contributed by atoms with Gasteiger partial charge in [-0.2, -0.15) is 0 Å². The average Bonchev–Trinajstić information content (AvgIpc) is 3.23. The standard InChI is InChI=1S/C19H22N2O6/c1-12(22)16-17(13-2-3-14-15(10-13)27-11-26-14)21(19(24)18(16)23)5-4-20-6-8-25-9-7-20/h2-3,10,17,23H,4-9,11H2,1H3/p+1/t17-/m0/s1. The third-order valence-corrected chi connectivity index (χ3v) is 5.30. The van der Waals surface area contributed by atoms with Crippen LogP contribution in [0.15, 0.2) is 29.5 Å². The van der Waals surface area contributed by atoms with Gasteiger partial charge in [0, 0.05) is 0 Å². The lowest BCUT2D eigenvalue weighted by atomic mass is 9.96. The van der Waals surface area contributed by atoms with E-state index in [2.05, 4.69) is 0 Å². The lowest BCUT2D eigenvalue weighted by molar-refractivity contribution is -0.907. The van der Waals surface area contributed by atoms with Crippen molar-refractivity contribution in [3.8, 4) is 11.5 Å². The van der Waals surface area contributed by atoms with Crippen LogP contribution in [0.1, 0.15) is 18.5 Å². The van der Waals surface area contributed by atoms with E-state index >= 15 is 0 Å². The maximum atomic E-state index is 12.7. The summed E-state index contributed by atoms with van der Waals surface area (Å²) in [5, 5.41) is 10.3. The Labute approximate surface area is 156 Å². The van der Waals surface area contributed by atoms with Gasteiger partial charge in [-0.05, 0) is 24.6 Å². The molecule has 144 valence electrons. The van der Waals surface area contributed by atoms with Crippen molar-refractivity contribution < 1.29 is 33.8 Å². The van der Waals surface area contributed by atoms with E-state index in [-0.39, 0.29) is 18.1 Å². The average molecular weight is 375 g/mol. The quantitative estimate of drug-likeness (QED) is 0.729. The van der Waals surface area contributed by atoms with E-state index in [1.54, 1.807) is 17.0 Å². The molecule has 0 spiro atoms. The summed E-state index contributed by atoms with van der Waals surface area (Å²) in [5.74, 6) is -0.0691. The van der Waals surface area contributed by atoms with Gasteiger partial charge in [0.25, 0.3) is 5.91 Å². The molecule has 4 rings (SSSR count). The number of aliphatic hydroxyl groups excluding tert-OH is 1. The van der Waals surface area contributed by atoms with Crippen molar-refractivity contribution >= 4 is 11.7 Å². The van der Waals surface area contributed by atoms with Crippen LogP contribution < -0.4 is 14.4 Å². The Kier molecular flexibility index (Phi) is 4.75. The van der Waals surface area contributed by atoms with Crippen molar-refractivity contribution in [2.75, 3.05) is 46.2 Å². The Morgan fingerprint density at radius 1 is 1.26 bits per heavy atom. The Morgan fingerprint density at radius 3 is 2.74 bits per heavy atom. The summed E-state index contributed by atoms with van der Waals surface area (Å²) in [5.41, 5.74) is 0.856. The minimum atomic E-state index is -0.620. The minimum Gasteiger partial charge on any atom is -0.503 e. The van der Waals surface area contributed by atoms with E-state index in [1.165, 1.54) is 11.8 Å². The van der Waals surface area contributed by atoms with Crippen LogP contribution in [0.4, 0.5) is 0 Å². The molecule has 8 nitrogen and oxygen atoms in total. The van der Waals surface area contributed by atoms with Gasteiger partial charge in [0.05, 0.1) is 37.9 Å². The predicted molar refractivity (Wildman–Crippen MR) is 93.7 cm³/mol. The van der Waals surface area contributed by atoms with Crippen LogP contribution in [0.25, 0.3) is 0 Å². The number of fused-ring (bicyclic) bond motifs is 1. The van der Waals surface area contributed by atoms with E-state index in [0.717, 1.165) is 25.2 Å². The zero-order chi connectivity index (χ0) is 19.0. The number of ether oxygens (including phenoxy) is 3. The number of Topliss-reactive ketones (excluding diaryl/α,β-unsaturated/α-hetero) is 1. The van der Waals surface area contributed by atoms with Crippen molar-refractivity contribution in [2.45, 2.75) is 13.0 Å². The van der Waals surface area contributed by atoms with E-state index in [4.69, 9.17) is 14.2 Å². The third kappa shape index (κ3) is 3.26. The molecule has 3 aliphatic rings. The Bertz CT molecular complexity index is 799. The number of nitrogens with zero attached hydrogens (tertiary/aromatic N) is 1. The smallest absolute Gasteiger partial charge is 0.290 e. The number of carbonyl (C=O) groups excluding carboxylic acids is 2. The number of amides is 1. The summed E-state index contributed by atoms with van der Waals surface area (Å²) in [6.07, 6.45) is 0. The zero-order valence-electron chi connectivity index (χ0n) is 15.2. The summed E-state index contributed by atoms with van der Waals surface area (Å²) in [6.45, 7) is 5.87. The molecule has 1 fully saturated rings. The fourth-order valence-corrected chi connectivity index (χ4v) is 3.86. The second kappa shape index (κ2) is 7.21. The molecule has 1 amide bonds. The second-order valence-electron chi connectivity index (χ2n) is 6.94. The van der Waals surface area contributed by atoms with Crippen molar-refractivity contribution in [1.29, 1.82) is 0 Å². The molecule has 3 heterocycles. The number of rotatable bonds is 5. The fourth-order valence-electron chi connectivity index (χ4n) is 3.86. The SMILES string of the molecule is CC(=O)C1=C(O)C(=O)N(CC[NH+]2CCOCC2)[C@H]1c1ccc2c(c1)OCO2. The molecular formula is C19H23N2O6+. The minimum absolute atomic E-state index is 0.135. The number of ketones is 1. The first-order chi connectivity index (χ1) is 13.1. The van der Waals surface area contributed by atoms with Gasteiger partial charge in [-0.25, -0.2) is 0 Å². The van der Waals surface area contributed by atoms with Gasteiger partial charge >= 0.3 is 0 Å². The van der Waals surface area contributed by atoms with Crippen molar-refractivity contribution in [1.82, 2.24) is 4.90 Å². The van der Waals surface area contributed by atoms with Crippen LogP contribution in [0.3, 0.4) is 0 Å². The summed E-state index contributed by atoms with van der Waals surface area (Å²) in [7, 11) is 0. The van der Waals surface area contributed by atoms with Gasteiger partial charge in [0.15, 0.2) is 23.0 Å². The highest BCUT2D eigenvalue weighted by molar-refractivity contribution is 6.08. The third-order valence-electron chi connectivity index (χ3n) is 5.30. The maximum absolute atomic E-state index is 12.7. The molecule has 0 aromatic heterocycles. The highest BCUT2D eigenvalue weighted by Gasteiger charge is 2.43. The number of benzene rings is 1. The molecular weight excluding hydrogens is 352 g/mol. The highest BCUT2D eigenvalue weighted by atomic mass is 16.7. The summed E-state index contributed by atoms with van der Waals surface area (Å²) in [4.78, 5) is 27.8. The molecule has 1 aromatic carbocycles. The normalized spacial score (nSPS) is 22.6. The van der Waals surface area contributed by atoms with E-state index in [0.29, 0.717) is 31.3 Å². The van der Waals surface area contributed by atoms with E-state index in [1.807, 2.05) is 6.07 Å². The zero-order valence-corrected chi connectivity index (χ0v) is 15.2. The summed E-state index contributed by atoms with van der Waals surface area (Å²) in [6, 6.07) is 4.73. The number of aliphatic hydroxyl groups is 1. The molecule has 27 heavy (non-hydrogen) atoms. The molecule has 1 aromatic rings. The van der Waals surface area contributed by atoms with Gasteiger partial charge in [0.2, 0.25) is 6.79 Å². The van der Waals surface area contributed by atoms with Crippen molar-refractivity contribution in [2.24, 2.45) is 0 Å². The number of carbonyl (C=O) groups is 2. The largest absolute Gasteiger partial charge is 0.503 e. The summed E-state index contributed by atoms with van der Waals surface area (Å²) >= 11 is 0. The first-order valence-corrected chi connectivity index (χ1v) is 9.12. The Balaban J connectivity index is 1.62. The second-order valence-corrected chi connectivity index (χ2v) is 6.94. The first kappa shape index (κ1) is 17.8. The molecule has 0 saturated carbocycles. The maximum Gasteiger partial charge on any atom is 0.290 e. The van der Waals surface area contributed by atoms with Gasteiger partial charge in [0.1, 0.15) is 13.1 Å². The highest BCUT2D eigenvalue weighted by Crippen LogP contribution is 2.41. The van der Waals surface area contributed by atoms with Gasteiger partial charge in [-0.3, -0.25) is 9.59 Å². The Morgan fingerprint density at radius 2 is 2.00 bits per heavy atom. The number of morpholine rings is 1. The van der Waals surface area contributed by atoms with Crippen LogP contribution >= 0.6 is 0 Å². The Hall–Kier alpha value is -2.58. The molecule has 0 aliphatic carbocycles. The van der Waals surface area contributed by atoms with E-state index in [9.17, 15) is 14.7 Å². The molecule has 0 bridgehead atoms. The van der Waals surface area contributed by atoms with Crippen LogP contribution in [0.5, 0.6) is 11.5 Å². The van der Waals surface area contributed by atoms with Gasteiger partial charge < -0.3 is 29.1 Å². The topological polar surface area (TPSA) is 89.7 Å².